The van der Waals surface area contributed by atoms with Gasteiger partial charge in [-0.2, -0.15) is 0 Å². The highest BCUT2D eigenvalue weighted by molar-refractivity contribution is 5.44. The summed E-state index contributed by atoms with van der Waals surface area (Å²) in [6, 6.07) is 9.76. The highest BCUT2D eigenvalue weighted by Crippen LogP contribution is 2.37. The average Bonchev–Trinajstić information content (AvgIpc) is 3.26. The molecule has 4 aromatic rings. The minimum atomic E-state index is 0.439. The van der Waals surface area contributed by atoms with Crippen molar-refractivity contribution in [3.05, 3.63) is 114 Å². The third kappa shape index (κ3) is 18.5. The summed E-state index contributed by atoms with van der Waals surface area (Å²) in [4.78, 5) is 19.9. The van der Waals surface area contributed by atoms with E-state index in [4.69, 9.17) is 19.9 Å². The predicted molar refractivity (Wildman–Crippen MR) is 322 cm³/mol. The van der Waals surface area contributed by atoms with Gasteiger partial charge in [0.15, 0.2) is 0 Å². The van der Waals surface area contributed by atoms with Crippen LogP contribution in [0.3, 0.4) is 0 Å². The lowest BCUT2D eigenvalue weighted by molar-refractivity contribution is 0.654. The fourth-order valence-electron chi connectivity index (χ4n) is 9.70. The van der Waals surface area contributed by atoms with Crippen molar-refractivity contribution in [2.45, 2.75) is 316 Å². The fourth-order valence-corrected chi connectivity index (χ4v) is 9.70. The summed E-state index contributed by atoms with van der Waals surface area (Å²) in [5, 5.41) is 0. The van der Waals surface area contributed by atoms with Gasteiger partial charge in [-0.3, -0.25) is 19.9 Å². The summed E-state index contributed by atoms with van der Waals surface area (Å²) < 4.78 is 0. The minimum Gasteiger partial charge on any atom is -0.257 e. The number of pyridine rings is 2. The SMILES string of the molecule is CC(C)c1cc(C(C)C)c(C(C)C)cc1C(C)C.CC(C)c1cc(C(C)C)c(C(C)C)nc1C(C)C.CC(C)c1cc(C(C)C)c(C(C)C)nc1C(C)C.CC(C)c1nc(C(C)C)c(C(C)C)nc1C(C)C. The van der Waals surface area contributed by atoms with E-state index in [1.807, 2.05) is 0 Å². The molecule has 3 aromatic heterocycles. The first-order valence-electron chi connectivity index (χ1n) is 29.2. The Bertz CT molecular complexity index is 1620. The van der Waals surface area contributed by atoms with Crippen molar-refractivity contribution >= 4 is 0 Å². The molecule has 4 heteroatoms. The topological polar surface area (TPSA) is 51.6 Å². The standard InChI is InChI=1S/C18H30.2C17H29N.C16H28N2/c1-11(2)15-9-17(13(5)6)18(14(7)8)10-16(15)12(3)4;2*1-10(2)14-9-15(11(3)4)17(13(7)8)18-16(14)12(5)6;1-9(2)13-14(10(3)4)18-16(12(7)8)15(17-13)11(5)6/h9-14H,1-8H3;2*9-13H,1-8H3;9-12H,1-8H3. The van der Waals surface area contributed by atoms with Crippen molar-refractivity contribution < 1.29 is 0 Å². The van der Waals surface area contributed by atoms with Crippen LogP contribution in [0.15, 0.2) is 24.3 Å². The van der Waals surface area contributed by atoms with Gasteiger partial charge in [-0.05, 0) is 139 Å². The van der Waals surface area contributed by atoms with Gasteiger partial charge in [0.1, 0.15) is 0 Å². The molecule has 0 N–H and O–H groups in total. The number of rotatable bonds is 16. The van der Waals surface area contributed by atoms with Crippen LogP contribution in [-0.4, -0.2) is 19.9 Å². The Morgan fingerprint density at radius 2 is 0.264 bits per heavy atom. The molecule has 0 aliphatic heterocycles. The number of hydrogen-bond acceptors (Lipinski definition) is 4. The first kappa shape index (κ1) is 66.6. The molecule has 408 valence electrons. The number of aromatic nitrogens is 4. The average molecular weight is 990 g/mol. The van der Waals surface area contributed by atoms with E-state index in [-0.39, 0.29) is 0 Å². The van der Waals surface area contributed by atoms with Gasteiger partial charge in [0, 0.05) is 22.8 Å². The maximum Gasteiger partial charge on any atom is 0.0650 e. The van der Waals surface area contributed by atoms with Gasteiger partial charge < -0.3 is 0 Å². The largest absolute Gasteiger partial charge is 0.257 e. The van der Waals surface area contributed by atoms with Crippen LogP contribution in [0.2, 0.25) is 0 Å². The van der Waals surface area contributed by atoms with E-state index >= 15 is 0 Å². The smallest absolute Gasteiger partial charge is 0.0650 e. The second-order valence-electron chi connectivity index (χ2n) is 26.2. The summed E-state index contributed by atoms with van der Waals surface area (Å²) in [7, 11) is 0. The molecule has 0 atom stereocenters. The molecule has 0 saturated carbocycles. The van der Waals surface area contributed by atoms with Crippen molar-refractivity contribution in [3.8, 4) is 0 Å². The Morgan fingerprint density at radius 1 is 0.153 bits per heavy atom. The van der Waals surface area contributed by atoms with Crippen LogP contribution >= 0.6 is 0 Å². The first-order valence-corrected chi connectivity index (χ1v) is 29.2. The summed E-state index contributed by atoms with van der Waals surface area (Å²) in [6.45, 7) is 72.1. The second-order valence-corrected chi connectivity index (χ2v) is 26.2. The molecule has 0 aliphatic carbocycles. The summed E-state index contributed by atoms with van der Waals surface area (Å²) in [5.41, 5.74) is 21.7. The summed E-state index contributed by atoms with van der Waals surface area (Å²) in [6.07, 6.45) is 0. The van der Waals surface area contributed by atoms with Gasteiger partial charge in [-0.25, -0.2) is 0 Å². The molecule has 0 saturated heterocycles. The zero-order valence-corrected chi connectivity index (χ0v) is 53.3. The van der Waals surface area contributed by atoms with Crippen molar-refractivity contribution in [1.29, 1.82) is 0 Å². The molecule has 72 heavy (non-hydrogen) atoms. The molecule has 3 heterocycles. The molecule has 0 spiro atoms. The van der Waals surface area contributed by atoms with Gasteiger partial charge in [0.2, 0.25) is 0 Å². The van der Waals surface area contributed by atoms with Crippen molar-refractivity contribution in [2.75, 3.05) is 0 Å². The molecule has 0 aliphatic rings. The zero-order chi connectivity index (χ0) is 56.1. The van der Waals surface area contributed by atoms with Gasteiger partial charge in [-0.1, -0.05) is 246 Å². The highest BCUT2D eigenvalue weighted by atomic mass is 14.9. The molecule has 1 aromatic carbocycles. The van der Waals surface area contributed by atoms with E-state index < -0.39 is 0 Å². The van der Waals surface area contributed by atoms with Gasteiger partial charge in [0.05, 0.1) is 22.8 Å². The number of benzene rings is 1. The van der Waals surface area contributed by atoms with E-state index in [1.165, 1.54) is 90.1 Å². The van der Waals surface area contributed by atoms with Crippen LogP contribution in [0.25, 0.3) is 0 Å². The maximum atomic E-state index is 5.01. The normalized spacial score (nSPS) is 12.2. The molecular formula is C68H116N4. The summed E-state index contributed by atoms with van der Waals surface area (Å²) >= 11 is 0. The Balaban J connectivity index is 0.000000480. The molecule has 0 fully saturated rings. The van der Waals surface area contributed by atoms with Crippen molar-refractivity contribution in [1.82, 2.24) is 19.9 Å². The summed E-state index contributed by atoms with van der Waals surface area (Å²) in [5.74, 6) is 8.41. The van der Waals surface area contributed by atoms with Crippen LogP contribution in [0.4, 0.5) is 0 Å². The minimum absolute atomic E-state index is 0.439. The van der Waals surface area contributed by atoms with Crippen LogP contribution in [0, 0.1) is 0 Å². The monoisotopic (exact) mass is 989 g/mol. The highest BCUT2D eigenvalue weighted by Gasteiger charge is 2.24. The van der Waals surface area contributed by atoms with E-state index in [0.29, 0.717) is 94.7 Å². The predicted octanol–water partition coefficient (Wildman–Crippen LogP) is 22.3. The van der Waals surface area contributed by atoms with E-state index in [1.54, 1.807) is 0 Å². The third-order valence-electron chi connectivity index (χ3n) is 13.9. The van der Waals surface area contributed by atoms with Gasteiger partial charge >= 0.3 is 0 Å². The Kier molecular flexibility index (Phi) is 27.4. The fraction of sp³-hybridized carbons (Fsp3) is 0.706. The third-order valence-corrected chi connectivity index (χ3v) is 13.9. The molecular weight excluding hydrogens is 873 g/mol. The van der Waals surface area contributed by atoms with E-state index in [0.717, 1.165) is 0 Å². The molecule has 0 amide bonds. The lowest BCUT2D eigenvalue weighted by atomic mass is 9.81. The molecule has 0 radical (unpaired) electrons. The molecule has 0 unspecified atom stereocenters. The Morgan fingerprint density at radius 3 is 0.375 bits per heavy atom. The number of hydrogen-bond donors (Lipinski definition) is 0. The quantitative estimate of drug-likeness (QED) is 0.112. The Hall–Kier alpha value is -3.40. The van der Waals surface area contributed by atoms with Gasteiger partial charge in [0.25, 0.3) is 0 Å². The maximum absolute atomic E-state index is 5.01. The lowest BCUT2D eigenvalue weighted by Gasteiger charge is -2.24. The molecule has 0 bridgehead atoms. The van der Waals surface area contributed by atoms with Crippen molar-refractivity contribution in [2.24, 2.45) is 0 Å². The van der Waals surface area contributed by atoms with Crippen LogP contribution in [0.5, 0.6) is 0 Å². The van der Waals surface area contributed by atoms with E-state index in [2.05, 4.69) is 246 Å². The zero-order valence-electron chi connectivity index (χ0n) is 53.3. The van der Waals surface area contributed by atoms with Crippen LogP contribution in [0.1, 0.15) is 406 Å². The Labute approximate surface area is 448 Å². The van der Waals surface area contributed by atoms with Gasteiger partial charge in [-0.15, -0.1) is 0 Å². The van der Waals surface area contributed by atoms with E-state index in [9.17, 15) is 0 Å². The molecule has 4 nitrogen and oxygen atoms in total. The first-order chi connectivity index (χ1) is 33.0. The van der Waals surface area contributed by atoms with Crippen molar-refractivity contribution in [3.63, 3.8) is 0 Å². The van der Waals surface area contributed by atoms with Crippen LogP contribution in [-0.2, 0) is 0 Å². The van der Waals surface area contributed by atoms with Crippen LogP contribution < -0.4 is 0 Å². The molecule has 4 rings (SSSR count). The lowest BCUT2D eigenvalue weighted by Crippen LogP contribution is -2.14. The number of nitrogens with zero attached hydrogens (tertiary/aromatic N) is 4. The second kappa shape index (κ2) is 29.6.